The molecular formula is C41H52N8O20. The van der Waals surface area contributed by atoms with Gasteiger partial charge in [-0.05, 0) is 62.8 Å². The Morgan fingerprint density at radius 2 is 0.797 bits per heavy atom. The van der Waals surface area contributed by atoms with E-state index in [1.54, 1.807) is 0 Å². The lowest BCUT2D eigenvalue weighted by Gasteiger charge is -2.44. The zero-order valence-electron chi connectivity index (χ0n) is 36.8. The number of Topliss-reactive ketones (excluding diaryl/α,β-unsaturated/α-hetero) is 6. The van der Waals surface area contributed by atoms with Gasteiger partial charge in [0.1, 0.15) is 0 Å². The first-order chi connectivity index (χ1) is 32.6. The number of amides is 4. The van der Waals surface area contributed by atoms with Gasteiger partial charge in [0.05, 0.1) is 45.0 Å². The minimum Gasteiger partial charge on any atom is -0.502 e. The number of benzene rings is 1. The molecule has 0 radical (unpaired) electrons. The Morgan fingerprint density at radius 1 is 0.507 bits per heavy atom. The van der Waals surface area contributed by atoms with Crippen molar-refractivity contribution in [3.8, 4) is 0 Å². The van der Waals surface area contributed by atoms with Crippen LogP contribution in [0, 0.1) is 0 Å². The monoisotopic (exact) mass is 976 g/mol. The first-order valence-corrected chi connectivity index (χ1v) is 21.1. The number of hydrogen-bond donors (Lipinski definition) is 11. The quantitative estimate of drug-likeness (QED) is 0.0477. The number of carboxylic acid groups (broad SMARTS) is 4. The molecule has 0 unspecified atom stereocenters. The van der Waals surface area contributed by atoms with Gasteiger partial charge >= 0.3 is 24.4 Å². The third kappa shape index (κ3) is 12.0. The van der Waals surface area contributed by atoms with Crippen molar-refractivity contribution in [3.63, 3.8) is 0 Å². The topological polar surface area (TPSA) is 422 Å². The molecule has 69 heavy (non-hydrogen) atoms. The Morgan fingerprint density at radius 3 is 1.04 bits per heavy atom. The molecule has 376 valence electrons. The molecule has 12 N–H and O–H groups in total. The van der Waals surface area contributed by atoms with Crippen molar-refractivity contribution in [2.45, 2.75) is 44.1 Å². The maximum absolute atomic E-state index is 13.6. The predicted octanol–water partition coefficient (Wildman–Crippen LogP) is -0.708. The van der Waals surface area contributed by atoms with Crippen molar-refractivity contribution < 1.29 is 99.0 Å². The van der Waals surface area contributed by atoms with Gasteiger partial charge in [-0.2, -0.15) is 0 Å². The van der Waals surface area contributed by atoms with Crippen molar-refractivity contribution in [1.29, 1.82) is 0 Å². The number of carbonyl (C=O) groups excluding carboxylic acids is 6. The van der Waals surface area contributed by atoms with Gasteiger partial charge in [0.2, 0.25) is 34.6 Å². The van der Waals surface area contributed by atoms with Gasteiger partial charge in [0.15, 0.2) is 17.5 Å². The maximum Gasteiger partial charge on any atom is 0.413 e. The van der Waals surface area contributed by atoms with Crippen molar-refractivity contribution in [2.24, 2.45) is 0 Å². The van der Waals surface area contributed by atoms with Gasteiger partial charge in [-0.3, -0.25) is 48.4 Å². The molecule has 4 rings (SSSR count). The van der Waals surface area contributed by atoms with Crippen LogP contribution in [0.2, 0.25) is 0 Å². The maximum atomic E-state index is 13.6. The summed E-state index contributed by atoms with van der Waals surface area (Å²) in [4.78, 5) is 132. The first-order valence-electron chi connectivity index (χ1n) is 21.1. The Kier molecular flexibility index (Phi) is 18.0. The molecule has 0 spiro atoms. The molecule has 1 aromatic rings. The minimum absolute atomic E-state index is 0.0837. The number of nitrogen functional groups attached to an aromatic ring is 1. The van der Waals surface area contributed by atoms with Crippen molar-refractivity contribution in [1.82, 2.24) is 29.4 Å². The summed E-state index contributed by atoms with van der Waals surface area (Å²) < 4.78 is 0. The highest BCUT2D eigenvalue weighted by Crippen LogP contribution is 2.39. The van der Waals surface area contributed by atoms with Gasteiger partial charge in [-0.25, -0.2) is 19.2 Å². The Hall–Kier alpha value is -7.98. The number of aliphatic hydroxyl groups is 6. The molecular weight excluding hydrogens is 924 g/mol. The molecule has 28 nitrogen and oxygen atoms in total. The number of β-amino-alcohol motifs (C(OH)–C–C–N with tert-alkyl or cyclic N) is 3. The standard InChI is InChI=1S/C41H52N8O20/c42-23-4-6-24(7-5-23)49(40(68)69)41(8-1-11-46(37(62)63)34-31(59)28(56)25(53)20-43(34)14-17-50,9-2-12-47(38(64)65)35-32(60)29(57)26(54)21-44(35)15-18-51)10-3-13-48(39(66)67)36-33(61)30(58)27(55)22-45(36)16-19-52/h4-7,50-52,59-61H,1-3,8-22,42H2,(H,62,63)(H,64,65)(H,66,67)(H,68,69). The number of hydrogen-bond acceptors (Lipinski definition) is 20. The molecule has 3 heterocycles. The predicted molar refractivity (Wildman–Crippen MR) is 231 cm³/mol. The van der Waals surface area contributed by atoms with E-state index >= 15 is 0 Å². The molecule has 0 fully saturated rings. The van der Waals surface area contributed by atoms with Crippen LogP contribution in [0.3, 0.4) is 0 Å². The average Bonchev–Trinajstić information content (AvgIpc) is 3.28. The summed E-state index contributed by atoms with van der Waals surface area (Å²) in [5.41, 5.74) is 4.09. The van der Waals surface area contributed by atoms with E-state index in [1.807, 2.05) is 0 Å². The smallest absolute Gasteiger partial charge is 0.413 e. The summed E-state index contributed by atoms with van der Waals surface area (Å²) in [6.45, 7) is -7.52. The number of rotatable bonds is 23. The number of nitrogens with two attached hydrogens (primary N) is 1. The van der Waals surface area contributed by atoms with Crippen LogP contribution in [0.25, 0.3) is 0 Å². The van der Waals surface area contributed by atoms with Crippen molar-refractivity contribution in [2.75, 3.05) is 89.4 Å². The van der Waals surface area contributed by atoms with Gasteiger partial charge in [-0.1, -0.05) is 0 Å². The molecule has 0 atom stereocenters. The van der Waals surface area contributed by atoms with Crippen LogP contribution in [0.15, 0.2) is 59.0 Å². The molecule has 0 aliphatic carbocycles. The third-order valence-electron chi connectivity index (χ3n) is 11.4. The van der Waals surface area contributed by atoms with Gasteiger partial charge in [0.25, 0.3) is 17.3 Å². The van der Waals surface area contributed by atoms with E-state index in [0.29, 0.717) is 14.7 Å². The SMILES string of the molecule is Nc1ccc(N(C(=O)O)C(CCCN(C(=O)O)C2=C(O)C(=O)C(=O)CN2CCO)(CCCN(C(=O)O)C2=C(O)C(=O)C(=O)CN2CCO)CCCN(C(=O)O)C2=C(O)C(=O)C(=O)CN2CCO)cc1. The van der Waals surface area contributed by atoms with Crippen LogP contribution in [0.4, 0.5) is 30.6 Å². The second-order valence-corrected chi connectivity index (χ2v) is 15.8. The molecule has 3 aliphatic rings. The normalized spacial score (nSPS) is 15.9. The van der Waals surface area contributed by atoms with Crippen LogP contribution in [-0.2, 0) is 28.8 Å². The molecule has 1 aromatic carbocycles. The summed E-state index contributed by atoms with van der Waals surface area (Å²) in [7, 11) is 0. The highest BCUT2D eigenvalue weighted by Gasteiger charge is 2.44. The lowest BCUT2D eigenvalue weighted by molar-refractivity contribution is -0.138. The van der Waals surface area contributed by atoms with E-state index < -0.39 is 217 Å². The van der Waals surface area contributed by atoms with E-state index in [-0.39, 0.29) is 11.4 Å². The number of carbonyl (C=O) groups is 10. The summed E-state index contributed by atoms with van der Waals surface area (Å²) >= 11 is 0. The molecule has 0 saturated heterocycles. The fraction of sp³-hybridized carbons (Fsp3) is 0.463. The molecule has 3 aliphatic heterocycles. The van der Waals surface area contributed by atoms with E-state index in [9.17, 15) is 99.0 Å². The second-order valence-electron chi connectivity index (χ2n) is 15.8. The summed E-state index contributed by atoms with van der Waals surface area (Å²) in [6, 6.07) is 5.22. The van der Waals surface area contributed by atoms with Gasteiger partial charge in [0, 0.05) is 50.6 Å². The highest BCUT2D eigenvalue weighted by molar-refractivity contribution is 6.45. The third-order valence-corrected chi connectivity index (χ3v) is 11.4. The number of nitrogens with zero attached hydrogens (tertiary/aromatic N) is 7. The number of aliphatic hydroxyl groups excluding tert-OH is 6. The molecule has 28 heteroatoms. The van der Waals surface area contributed by atoms with E-state index in [2.05, 4.69) is 0 Å². The zero-order valence-corrected chi connectivity index (χ0v) is 36.8. The molecule has 4 amide bonds. The minimum atomic E-state index is -1.92. The van der Waals surface area contributed by atoms with E-state index in [4.69, 9.17) is 5.73 Å². The molecule has 0 aromatic heterocycles. The number of allylic oxidation sites excluding steroid dienone is 3. The summed E-state index contributed by atoms with van der Waals surface area (Å²) in [5, 5.41) is 104. The van der Waals surface area contributed by atoms with Crippen LogP contribution in [-0.4, -0.2) is 224 Å². The number of ketones is 6. The van der Waals surface area contributed by atoms with E-state index in [1.165, 1.54) is 24.3 Å². The zero-order chi connectivity index (χ0) is 51.5. The van der Waals surface area contributed by atoms with Gasteiger partial charge < -0.3 is 71.5 Å². The summed E-state index contributed by atoms with van der Waals surface area (Å²) in [5.74, 6) is -13.5. The Bertz CT molecular complexity index is 2130. The van der Waals surface area contributed by atoms with E-state index in [0.717, 1.165) is 19.6 Å². The van der Waals surface area contributed by atoms with Gasteiger partial charge in [-0.15, -0.1) is 0 Å². The Balaban J connectivity index is 1.89. The van der Waals surface area contributed by atoms with Crippen LogP contribution < -0.4 is 10.6 Å². The lowest BCUT2D eigenvalue weighted by atomic mass is 9.81. The van der Waals surface area contributed by atoms with Crippen LogP contribution >= 0.6 is 0 Å². The fourth-order valence-corrected chi connectivity index (χ4v) is 8.42. The highest BCUT2D eigenvalue weighted by atomic mass is 16.4. The largest absolute Gasteiger partial charge is 0.502 e. The average molecular weight is 977 g/mol. The first kappa shape index (κ1) is 53.6. The summed E-state index contributed by atoms with van der Waals surface area (Å²) in [6.07, 6.45) is -9.54. The second kappa shape index (κ2) is 23.2. The van der Waals surface area contributed by atoms with Crippen LogP contribution in [0.5, 0.6) is 0 Å². The van der Waals surface area contributed by atoms with Crippen molar-refractivity contribution >= 4 is 70.4 Å². The lowest BCUT2D eigenvalue weighted by Crippen LogP contribution is -2.54. The van der Waals surface area contributed by atoms with Crippen LogP contribution in [0.1, 0.15) is 38.5 Å². The molecule has 0 bridgehead atoms. The van der Waals surface area contributed by atoms with Crippen molar-refractivity contribution in [3.05, 3.63) is 59.0 Å². The Labute approximate surface area is 390 Å². The number of anilines is 2. The fourth-order valence-electron chi connectivity index (χ4n) is 8.42. The molecule has 0 saturated carbocycles.